The summed E-state index contributed by atoms with van der Waals surface area (Å²) >= 11 is 6.16. The zero-order chi connectivity index (χ0) is 26.1. The first kappa shape index (κ1) is 26.3. The SMILES string of the molecule is COc1cccc(/C=N/NC(=O)/C(=C\c2ccc(N(C)C)cc2)NC(=O)c2ccccc2Cl)c1OC. The molecule has 0 fully saturated rings. The van der Waals surface area contributed by atoms with E-state index in [0.717, 1.165) is 5.69 Å². The van der Waals surface area contributed by atoms with Crippen molar-refractivity contribution >= 4 is 41.4 Å². The van der Waals surface area contributed by atoms with Crippen molar-refractivity contribution in [2.24, 2.45) is 5.10 Å². The van der Waals surface area contributed by atoms with Gasteiger partial charge in [-0.05, 0) is 48.0 Å². The Labute approximate surface area is 215 Å². The molecule has 3 aromatic carbocycles. The Morgan fingerprint density at radius 1 is 0.944 bits per heavy atom. The third-order valence-corrected chi connectivity index (χ3v) is 5.46. The lowest BCUT2D eigenvalue weighted by Crippen LogP contribution is -2.33. The summed E-state index contributed by atoms with van der Waals surface area (Å²) in [6.07, 6.45) is 2.99. The van der Waals surface area contributed by atoms with E-state index in [0.29, 0.717) is 22.6 Å². The summed E-state index contributed by atoms with van der Waals surface area (Å²) in [6, 6.07) is 19.4. The van der Waals surface area contributed by atoms with Gasteiger partial charge in [0.1, 0.15) is 5.70 Å². The van der Waals surface area contributed by atoms with Crippen LogP contribution in [-0.2, 0) is 4.79 Å². The predicted molar refractivity (Wildman–Crippen MR) is 143 cm³/mol. The van der Waals surface area contributed by atoms with Crippen LogP contribution in [0.4, 0.5) is 5.69 Å². The Balaban J connectivity index is 1.87. The summed E-state index contributed by atoms with van der Waals surface area (Å²) in [7, 11) is 6.91. The first-order valence-electron chi connectivity index (χ1n) is 10.9. The van der Waals surface area contributed by atoms with Gasteiger partial charge in [0.25, 0.3) is 11.8 Å². The molecule has 36 heavy (non-hydrogen) atoms. The molecule has 0 saturated heterocycles. The molecule has 2 N–H and O–H groups in total. The summed E-state index contributed by atoms with van der Waals surface area (Å²) < 4.78 is 10.7. The highest BCUT2D eigenvalue weighted by atomic mass is 35.5. The minimum Gasteiger partial charge on any atom is -0.493 e. The average molecular weight is 507 g/mol. The van der Waals surface area contributed by atoms with Gasteiger partial charge >= 0.3 is 0 Å². The standard InChI is InChI=1S/C27H27ClN4O4/c1-32(2)20-14-12-18(13-15-20)16-23(30-26(33)21-9-5-6-10-22(21)28)27(34)31-29-17-19-8-7-11-24(35-3)25(19)36-4/h5-17H,1-4H3,(H,30,33)(H,31,34)/b23-16+,29-17+. The van der Waals surface area contributed by atoms with E-state index in [1.54, 1.807) is 48.5 Å². The van der Waals surface area contributed by atoms with Crippen molar-refractivity contribution in [2.75, 3.05) is 33.2 Å². The topological polar surface area (TPSA) is 92.3 Å². The normalized spacial score (nSPS) is 11.2. The molecule has 0 unspecified atom stereocenters. The van der Waals surface area contributed by atoms with Crippen LogP contribution in [0.5, 0.6) is 11.5 Å². The lowest BCUT2D eigenvalue weighted by molar-refractivity contribution is -0.117. The summed E-state index contributed by atoms with van der Waals surface area (Å²) in [4.78, 5) is 27.9. The van der Waals surface area contributed by atoms with Crippen molar-refractivity contribution < 1.29 is 19.1 Å². The number of anilines is 1. The molecule has 0 saturated carbocycles. The molecule has 0 spiro atoms. The Kier molecular flexibility index (Phi) is 9.07. The predicted octanol–water partition coefficient (Wildman–Crippen LogP) is 4.34. The van der Waals surface area contributed by atoms with Crippen molar-refractivity contribution in [1.82, 2.24) is 10.7 Å². The first-order valence-corrected chi connectivity index (χ1v) is 11.3. The quantitative estimate of drug-likeness (QED) is 0.256. The fraction of sp³-hybridized carbons (Fsp3) is 0.148. The largest absolute Gasteiger partial charge is 0.493 e. The number of amides is 2. The average Bonchev–Trinajstić information content (AvgIpc) is 2.88. The number of hydrogen-bond donors (Lipinski definition) is 2. The fourth-order valence-electron chi connectivity index (χ4n) is 3.26. The van der Waals surface area contributed by atoms with Crippen molar-refractivity contribution in [1.29, 1.82) is 0 Å². The number of rotatable bonds is 9. The number of hydrogen-bond acceptors (Lipinski definition) is 6. The van der Waals surface area contributed by atoms with Gasteiger partial charge in [-0.15, -0.1) is 0 Å². The molecule has 8 nitrogen and oxygen atoms in total. The zero-order valence-corrected chi connectivity index (χ0v) is 21.2. The maximum Gasteiger partial charge on any atom is 0.287 e. The van der Waals surface area contributed by atoms with E-state index in [4.69, 9.17) is 21.1 Å². The Bertz CT molecular complexity index is 1290. The van der Waals surface area contributed by atoms with Crippen LogP contribution in [0.1, 0.15) is 21.5 Å². The van der Waals surface area contributed by atoms with Crippen LogP contribution in [0.25, 0.3) is 6.08 Å². The van der Waals surface area contributed by atoms with Crippen molar-refractivity contribution in [3.05, 3.63) is 94.1 Å². The van der Waals surface area contributed by atoms with Crippen LogP contribution < -0.4 is 25.1 Å². The maximum atomic E-state index is 13.0. The third-order valence-electron chi connectivity index (χ3n) is 5.13. The van der Waals surface area contributed by atoms with Gasteiger partial charge in [0.05, 0.1) is 31.0 Å². The second kappa shape index (κ2) is 12.4. The molecule has 186 valence electrons. The van der Waals surface area contributed by atoms with E-state index in [1.165, 1.54) is 20.4 Å². The highest BCUT2D eigenvalue weighted by Crippen LogP contribution is 2.29. The lowest BCUT2D eigenvalue weighted by Gasteiger charge is -2.13. The monoisotopic (exact) mass is 506 g/mol. The lowest BCUT2D eigenvalue weighted by atomic mass is 10.1. The minimum atomic E-state index is -0.620. The number of carbonyl (C=O) groups is 2. The molecule has 0 aliphatic rings. The van der Waals surface area contributed by atoms with Gasteiger partial charge in [-0.25, -0.2) is 5.43 Å². The summed E-state index contributed by atoms with van der Waals surface area (Å²) in [5.41, 5.74) is 4.99. The third kappa shape index (κ3) is 6.64. The highest BCUT2D eigenvalue weighted by molar-refractivity contribution is 6.34. The van der Waals surface area contributed by atoms with E-state index in [9.17, 15) is 9.59 Å². The second-order valence-electron chi connectivity index (χ2n) is 7.76. The molecular formula is C27H27ClN4O4. The smallest absolute Gasteiger partial charge is 0.287 e. The molecule has 9 heteroatoms. The number of benzene rings is 3. The summed E-state index contributed by atoms with van der Waals surface area (Å²) in [5, 5.41) is 6.96. The molecule has 0 aliphatic carbocycles. The van der Waals surface area contributed by atoms with Crippen molar-refractivity contribution in [3.8, 4) is 11.5 Å². The first-order chi connectivity index (χ1) is 17.3. The number of hydrazone groups is 1. The number of ether oxygens (including phenoxy) is 2. The molecule has 0 aromatic heterocycles. The van der Waals surface area contributed by atoms with Crippen molar-refractivity contribution in [2.45, 2.75) is 0 Å². The number of nitrogens with zero attached hydrogens (tertiary/aromatic N) is 2. The Morgan fingerprint density at radius 3 is 2.31 bits per heavy atom. The molecule has 3 rings (SSSR count). The molecule has 0 aliphatic heterocycles. The van der Waals surface area contributed by atoms with Crippen LogP contribution in [0.3, 0.4) is 0 Å². The maximum absolute atomic E-state index is 13.0. The van der Waals surface area contributed by atoms with Crippen LogP contribution in [0.2, 0.25) is 5.02 Å². The number of carbonyl (C=O) groups excluding carboxylic acids is 2. The Morgan fingerprint density at radius 2 is 1.67 bits per heavy atom. The van der Waals surface area contributed by atoms with E-state index < -0.39 is 11.8 Å². The van der Waals surface area contributed by atoms with Gasteiger partial charge in [0.2, 0.25) is 0 Å². The van der Waals surface area contributed by atoms with Crippen LogP contribution in [0.15, 0.2) is 77.5 Å². The number of para-hydroxylation sites is 1. The van der Waals surface area contributed by atoms with E-state index in [-0.39, 0.29) is 16.3 Å². The van der Waals surface area contributed by atoms with E-state index in [1.807, 2.05) is 43.3 Å². The number of halogens is 1. The minimum absolute atomic E-state index is 0.00715. The van der Waals surface area contributed by atoms with Gasteiger partial charge in [-0.2, -0.15) is 5.10 Å². The molecular weight excluding hydrogens is 480 g/mol. The zero-order valence-electron chi connectivity index (χ0n) is 20.4. The van der Waals surface area contributed by atoms with E-state index >= 15 is 0 Å². The van der Waals surface area contributed by atoms with Crippen molar-refractivity contribution in [3.63, 3.8) is 0 Å². The highest BCUT2D eigenvalue weighted by Gasteiger charge is 2.16. The second-order valence-corrected chi connectivity index (χ2v) is 8.17. The molecule has 0 radical (unpaired) electrons. The molecule has 0 heterocycles. The fourth-order valence-corrected chi connectivity index (χ4v) is 3.48. The van der Waals surface area contributed by atoms with E-state index in [2.05, 4.69) is 15.8 Å². The Hall–Kier alpha value is -4.30. The van der Waals surface area contributed by atoms with Gasteiger partial charge in [-0.1, -0.05) is 41.9 Å². The van der Waals surface area contributed by atoms with Crippen LogP contribution >= 0.6 is 11.6 Å². The summed E-state index contributed by atoms with van der Waals surface area (Å²) in [6.45, 7) is 0. The molecule has 0 atom stereocenters. The summed E-state index contributed by atoms with van der Waals surface area (Å²) in [5.74, 6) is -0.140. The number of methoxy groups -OCH3 is 2. The van der Waals surface area contributed by atoms with Gasteiger partial charge in [0, 0.05) is 25.3 Å². The van der Waals surface area contributed by atoms with Crippen LogP contribution in [-0.4, -0.2) is 46.3 Å². The van der Waals surface area contributed by atoms with Gasteiger partial charge in [0.15, 0.2) is 11.5 Å². The van der Waals surface area contributed by atoms with Crippen LogP contribution in [0, 0.1) is 0 Å². The van der Waals surface area contributed by atoms with Gasteiger partial charge in [-0.3, -0.25) is 9.59 Å². The molecule has 0 bridgehead atoms. The molecule has 2 amide bonds. The number of nitrogens with one attached hydrogen (secondary N) is 2. The van der Waals surface area contributed by atoms with Gasteiger partial charge < -0.3 is 19.7 Å². The molecule has 3 aromatic rings.